The lowest BCUT2D eigenvalue weighted by molar-refractivity contribution is -0.142. The van der Waals surface area contributed by atoms with Crippen molar-refractivity contribution in [1.82, 2.24) is 0 Å². The van der Waals surface area contributed by atoms with Gasteiger partial charge in [0.25, 0.3) is 0 Å². The normalized spacial score (nSPS) is 13.1. The zero-order valence-electron chi connectivity index (χ0n) is 13.0. The fourth-order valence-corrected chi connectivity index (χ4v) is 5.73. The molecule has 0 fully saturated rings. The van der Waals surface area contributed by atoms with E-state index in [1.807, 2.05) is 20.8 Å². The predicted octanol–water partition coefficient (Wildman–Crippen LogP) is 3.35. The summed E-state index contributed by atoms with van der Waals surface area (Å²) >= 11 is 0. The minimum atomic E-state index is -2.52. The summed E-state index contributed by atoms with van der Waals surface area (Å²) < 4.78 is 17.5. The van der Waals surface area contributed by atoms with Gasteiger partial charge in [-0.25, -0.2) is 4.79 Å². The zero-order chi connectivity index (χ0) is 14.9. The van der Waals surface area contributed by atoms with Crippen molar-refractivity contribution in [3.05, 3.63) is 12.2 Å². The van der Waals surface area contributed by atoms with Crippen LogP contribution >= 0.6 is 0 Å². The van der Waals surface area contributed by atoms with Crippen molar-refractivity contribution < 1.29 is 18.4 Å². The molecule has 0 rings (SSSR count). The van der Waals surface area contributed by atoms with Crippen LogP contribution < -0.4 is 0 Å². The van der Waals surface area contributed by atoms with Crippen molar-refractivity contribution in [2.75, 3.05) is 13.2 Å². The van der Waals surface area contributed by atoms with E-state index < -0.39 is 8.56 Å². The van der Waals surface area contributed by atoms with Gasteiger partial charge >= 0.3 is 14.5 Å². The zero-order valence-corrected chi connectivity index (χ0v) is 14.0. The van der Waals surface area contributed by atoms with E-state index in [0.29, 0.717) is 25.2 Å². The fraction of sp³-hybridized carbons (Fsp3) is 0.786. The van der Waals surface area contributed by atoms with Crippen LogP contribution in [0.15, 0.2) is 12.2 Å². The van der Waals surface area contributed by atoms with E-state index in [4.69, 9.17) is 13.6 Å². The smallest absolute Gasteiger partial charge is 0.380 e. The van der Waals surface area contributed by atoms with Gasteiger partial charge in [0.1, 0.15) is 5.73 Å². The van der Waals surface area contributed by atoms with Crippen molar-refractivity contribution in [2.24, 2.45) is 0 Å². The van der Waals surface area contributed by atoms with Crippen LogP contribution in [0.25, 0.3) is 0 Å². The number of carbonyl (C=O) groups excluding carboxylic acids is 1. The molecule has 0 aliphatic rings. The largest absolute Gasteiger partial charge is 0.457 e. The Labute approximate surface area is 118 Å². The average molecular weight is 288 g/mol. The Morgan fingerprint density at radius 1 is 1.16 bits per heavy atom. The SMILES string of the molecule is C=C(C)C(=O)OC(CC)[Si](CCC)(OCC)OCC. The third kappa shape index (κ3) is 5.46. The highest BCUT2D eigenvalue weighted by molar-refractivity contribution is 6.69. The summed E-state index contributed by atoms with van der Waals surface area (Å²) in [6, 6.07) is 0.830. The van der Waals surface area contributed by atoms with E-state index in [0.717, 1.165) is 12.5 Å². The predicted molar refractivity (Wildman–Crippen MR) is 79.1 cm³/mol. The second-order valence-corrected chi connectivity index (χ2v) is 7.86. The number of hydrogen-bond donors (Lipinski definition) is 0. The standard InChI is InChI=1S/C14H28O4Si/c1-7-11-19(16-9-3,17-10-4)13(8-2)18-14(15)12(5)6/h13H,5,7-11H2,1-4,6H3. The van der Waals surface area contributed by atoms with Gasteiger partial charge in [-0.05, 0) is 33.2 Å². The van der Waals surface area contributed by atoms with Crippen LogP contribution in [0, 0.1) is 0 Å². The Morgan fingerprint density at radius 3 is 2.00 bits per heavy atom. The molecule has 0 aliphatic carbocycles. The van der Waals surface area contributed by atoms with Crippen LogP contribution in [0.4, 0.5) is 0 Å². The van der Waals surface area contributed by atoms with Crippen molar-refractivity contribution in [1.29, 1.82) is 0 Å². The van der Waals surface area contributed by atoms with Crippen LogP contribution in [0.2, 0.25) is 6.04 Å². The minimum Gasteiger partial charge on any atom is -0.457 e. The number of rotatable bonds is 10. The second kappa shape index (κ2) is 9.28. The second-order valence-electron chi connectivity index (χ2n) is 4.51. The van der Waals surface area contributed by atoms with E-state index >= 15 is 0 Å². The molecule has 0 aromatic carbocycles. The molecule has 1 atom stereocenters. The van der Waals surface area contributed by atoms with Crippen molar-refractivity contribution in [2.45, 2.75) is 59.2 Å². The molecule has 0 saturated heterocycles. The Balaban J connectivity index is 5.12. The summed E-state index contributed by atoms with van der Waals surface area (Å²) in [6.45, 7) is 14.4. The molecule has 0 bridgehead atoms. The van der Waals surface area contributed by atoms with Gasteiger partial charge in [-0.3, -0.25) is 0 Å². The lowest BCUT2D eigenvalue weighted by Crippen LogP contribution is -2.55. The monoisotopic (exact) mass is 288 g/mol. The Bertz CT molecular complexity index is 274. The molecule has 0 N–H and O–H groups in total. The molecule has 4 nitrogen and oxygen atoms in total. The number of ether oxygens (including phenoxy) is 1. The number of hydrogen-bond acceptors (Lipinski definition) is 4. The summed E-state index contributed by atoms with van der Waals surface area (Å²) in [5.74, 6) is -0.362. The summed E-state index contributed by atoms with van der Waals surface area (Å²) in [6.07, 6.45) is 1.65. The first-order valence-electron chi connectivity index (χ1n) is 7.11. The van der Waals surface area contributed by atoms with Gasteiger partial charge in [0.05, 0.1) is 0 Å². The maximum atomic E-state index is 11.8. The number of carbonyl (C=O) groups is 1. The van der Waals surface area contributed by atoms with Crippen molar-refractivity contribution >= 4 is 14.5 Å². The summed E-state index contributed by atoms with van der Waals surface area (Å²) in [4.78, 5) is 11.8. The van der Waals surface area contributed by atoms with Crippen LogP contribution in [0.3, 0.4) is 0 Å². The highest BCUT2D eigenvalue weighted by atomic mass is 28.4. The summed E-state index contributed by atoms with van der Waals surface area (Å²) in [7, 11) is -2.52. The van der Waals surface area contributed by atoms with Crippen LogP contribution in [0.1, 0.15) is 47.5 Å². The fourth-order valence-electron chi connectivity index (χ4n) is 2.08. The first kappa shape index (κ1) is 18.3. The molecule has 0 aromatic heterocycles. The van der Waals surface area contributed by atoms with E-state index in [1.54, 1.807) is 6.92 Å². The molecule has 0 aliphatic heterocycles. The highest BCUT2D eigenvalue weighted by Gasteiger charge is 2.47. The maximum Gasteiger partial charge on any atom is 0.380 e. The molecule has 5 heteroatoms. The van der Waals surface area contributed by atoms with Gasteiger partial charge in [-0.15, -0.1) is 0 Å². The van der Waals surface area contributed by atoms with Crippen LogP contribution in [-0.4, -0.2) is 33.5 Å². The lowest BCUT2D eigenvalue weighted by Gasteiger charge is -2.35. The quantitative estimate of drug-likeness (QED) is 0.351. The van der Waals surface area contributed by atoms with Crippen molar-refractivity contribution in [3.63, 3.8) is 0 Å². The molecular weight excluding hydrogens is 260 g/mol. The maximum absolute atomic E-state index is 11.8. The molecule has 0 spiro atoms. The lowest BCUT2D eigenvalue weighted by atomic mass is 10.4. The number of esters is 1. The molecule has 19 heavy (non-hydrogen) atoms. The van der Waals surface area contributed by atoms with Gasteiger partial charge in [0.2, 0.25) is 0 Å². The van der Waals surface area contributed by atoms with Crippen LogP contribution in [-0.2, 0) is 18.4 Å². The third-order valence-electron chi connectivity index (χ3n) is 2.83. The molecule has 0 saturated carbocycles. The Hall–Kier alpha value is -0.653. The van der Waals surface area contributed by atoms with Gasteiger partial charge in [0.15, 0.2) is 0 Å². The van der Waals surface area contributed by atoms with Crippen LogP contribution in [0.5, 0.6) is 0 Å². The van der Waals surface area contributed by atoms with E-state index in [-0.39, 0.29) is 11.7 Å². The summed E-state index contributed by atoms with van der Waals surface area (Å²) in [5.41, 5.74) is 0.127. The topological polar surface area (TPSA) is 44.8 Å². The third-order valence-corrected chi connectivity index (χ3v) is 7.09. The molecular formula is C14H28O4Si. The first-order valence-corrected chi connectivity index (χ1v) is 9.21. The Kier molecular flexibility index (Phi) is 8.96. The molecule has 1 unspecified atom stereocenters. The minimum absolute atomic E-state index is 0.281. The molecule has 0 aromatic rings. The van der Waals surface area contributed by atoms with Gasteiger partial charge in [-0.1, -0.05) is 26.8 Å². The van der Waals surface area contributed by atoms with Gasteiger partial charge < -0.3 is 13.6 Å². The molecule has 112 valence electrons. The molecule has 0 heterocycles. The Morgan fingerprint density at radius 2 is 1.68 bits per heavy atom. The molecule has 0 amide bonds. The molecule has 0 radical (unpaired) electrons. The van der Waals surface area contributed by atoms with E-state index in [1.165, 1.54) is 0 Å². The van der Waals surface area contributed by atoms with E-state index in [9.17, 15) is 4.79 Å². The van der Waals surface area contributed by atoms with Gasteiger partial charge in [0, 0.05) is 18.8 Å². The van der Waals surface area contributed by atoms with Gasteiger partial charge in [-0.2, -0.15) is 0 Å². The van der Waals surface area contributed by atoms with Crippen molar-refractivity contribution in [3.8, 4) is 0 Å². The first-order chi connectivity index (χ1) is 8.97. The summed E-state index contributed by atoms with van der Waals surface area (Å²) in [5, 5.41) is 0. The highest BCUT2D eigenvalue weighted by Crippen LogP contribution is 2.25. The average Bonchev–Trinajstić information content (AvgIpc) is 2.36. The van der Waals surface area contributed by atoms with E-state index in [2.05, 4.69) is 13.5 Å².